The summed E-state index contributed by atoms with van der Waals surface area (Å²) in [6, 6.07) is 13.1. The molecular weight excluding hydrogens is 412 g/mol. The molecule has 1 aliphatic carbocycles. The van der Waals surface area contributed by atoms with E-state index in [9.17, 15) is 8.42 Å². The van der Waals surface area contributed by atoms with Gasteiger partial charge in [0.25, 0.3) is 0 Å². The van der Waals surface area contributed by atoms with Gasteiger partial charge < -0.3 is 0 Å². The fraction of sp³-hybridized carbons (Fsp3) is 0.286. The van der Waals surface area contributed by atoms with Crippen LogP contribution in [0.4, 0.5) is 0 Å². The van der Waals surface area contributed by atoms with Gasteiger partial charge in [-0.05, 0) is 61.1 Å². The van der Waals surface area contributed by atoms with E-state index in [1.54, 1.807) is 17.4 Å². The topological polar surface area (TPSA) is 59.1 Å². The highest BCUT2D eigenvalue weighted by atomic mass is 35.5. The van der Waals surface area contributed by atoms with Crippen molar-refractivity contribution < 1.29 is 8.42 Å². The molecule has 28 heavy (non-hydrogen) atoms. The summed E-state index contributed by atoms with van der Waals surface area (Å²) >= 11 is 7.47. The SMILES string of the molecule is O=S(=O)(NCCc1csc(-c2ccc(Cl)cc2)n1)c1ccc2c(c1)CCCC2. The number of halogens is 1. The molecule has 0 saturated heterocycles. The molecule has 1 aliphatic rings. The van der Waals surface area contributed by atoms with Crippen LogP contribution < -0.4 is 4.72 Å². The van der Waals surface area contributed by atoms with Gasteiger partial charge in [0.05, 0.1) is 10.6 Å². The lowest BCUT2D eigenvalue weighted by atomic mass is 9.92. The lowest BCUT2D eigenvalue weighted by Crippen LogP contribution is -2.26. The van der Waals surface area contributed by atoms with Gasteiger partial charge in [0.1, 0.15) is 5.01 Å². The molecule has 0 atom stereocenters. The minimum absolute atomic E-state index is 0.323. The fourth-order valence-corrected chi connectivity index (χ4v) is 5.49. The molecule has 0 amide bonds. The number of rotatable bonds is 6. The number of aromatic nitrogens is 1. The maximum atomic E-state index is 12.6. The van der Waals surface area contributed by atoms with Crippen LogP contribution in [0.5, 0.6) is 0 Å². The zero-order valence-corrected chi connectivity index (χ0v) is 17.7. The van der Waals surface area contributed by atoms with Crippen LogP contribution in [0.3, 0.4) is 0 Å². The second-order valence-electron chi connectivity index (χ2n) is 6.94. The van der Waals surface area contributed by atoms with Crippen molar-refractivity contribution >= 4 is 33.0 Å². The highest BCUT2D eigenvalue weighted by molar-refractivity contribution is 7.89. The highest BCUT2D eigenvalue weighted by Gasteiger charge is 2.17. The summed E-state index contributed by atoms with van der Waals surface area (Å²) in [6.07, 6.45) is 4.87. The van der Waals surface area contributed by atoms with Gasteiger partial charge in [-0.2, -0.15) is 0 Å². The van der Waals surface area contributed by atoms with Gasteiger partial charge in [-0.1, -0.05) is 29.8 Å². The van der Waals surface area contributed by atoms with Crippen LogP contribution in [-0.2, 0) is 29.3 Å². The average molecular weight is 433 g/mol. The summed E-state index contributed by atoms with van der Waals surface area (Å²) in [4.78, 5) is 4.96. The van der Waals surface area contributed by atoms with Gasteiger partial charge in [0.15, 0.2) is 0 Å². The number of hydrogen-bond donors (Lipinski definition) is 1. The van der Waals surface area contributed by atoms with E-state index in [4.69, 9.17) is 11.6 Å². The first kappa shape index (κ1) is 19.6. The first-order valence-electron chi connectivity index (χ1n) is 9.33. The third kappa shape index (κ3) is 4.46. The lowest BCUT2D eigenvalue weighted by molar-refractivity contribution is 0.580. The van der Waals surface area contributed by atoms with Crippen LogP contribution in [0, 0.1) is 0 Å². The molecule has 0 aliphatic heterocycles. The van der Waals surface area contributed by atoms with Crippen molar-refractivity contribution in [1.82, 2.24) is 9.71 Å². The van der Waals surface area contributed by atoms with Gasteiger partial charge >= 0.3 is 0 Å². The normalized spacial score (nSPS) is 14.0. The Morgan fingerprint density at radius 2 is 1.79 bits per heavy atom. The molecule has 1 N–H and O–H groups in total. The Balaban J connectivity index is 1.39. The van der Waals surface area contributed by atoms with Crippen LogP contribution in [0.15, 0.2) is 52.7 Å². The predicted octanol–water partition coefficient (Wildman–Crippen LogP) is 4.86. The molecule has 0 bridgehead atoms. The molecule has 146 valence electrons. The first-order chi connectivity index (χ1) is 13.5. The summed E-state index contributed by atoms with van der Waals surface area (Å²) < 4.78 is 28.0. The molecule has 0 unspecified atom stereocenters. The van der Waals surface area contributed by atoms with E-state index in [-0.39, 0.29) is 0 Å². The quantitative estimate of drug-likeness (QED) is 0.604. The molecule has 4 rings (SSSR count). The molecule has 1 aromatic heterocycles. The van der Waals surface area contributed by atoms with Crippen LogP contribution in [0.2, 0.25) is 5.02 Å². The van der Waals surface area contributed by atoms with Crippen LogP contribution in [0.25, 0.3) is 10.6 Å². The molecule has 2 aromatic carbocycles. The van der Waals surface area contributed by atoms with Gasteiger partial charge in [0, 0.05) is 28.9 Å². The Bertz CT molecular complexity index is 1080. The monoisotopic (exact) mass is 432 g/mol. The Morgan fingerprint density at radius 3 is 2.57 bits per heavy atom. The maximum absolute atomic E-state index is 12.6. The second-order valence-corrected chi connectivity index (χ2v) is 10.00. The smallest absolute Gasteiger partial charge is 0.240 e. The molecule has 1 heterocycles. The Hall–Kier alpha value is -1.73. The minimum atomic E-state index is -3.50. The third-order valence-electron chi connectivity index (χ3n) is 4.95. The van der Waals surface area contributed by atoms with Crippen LogP contribution in [0.1, 0.15) is 29.7 Å². The van der Waals surface area contributed by atoms with E-state index in [0.29, 0.717) is 22.9 Å². The van der Waals surface area contributed by atoms with Crippen LogP contribution in [-0.4, -0.2) is 19.9 Å². The minimum Gasteiger partial charge on any atom is -0.241 e. The average Bonchev–Trinajstić information content (AvgIpc) is 3.17. The molecule has 4 nitrogen and oxygen atoms in total. The molecule has 0 radical (unpaired) electrons. The van der Waals surface area contributed by atoms with Gasteiger partial charge in [-0.15, -0.1) is 11.3 Å². The zero-order chi connectivity index (χ0) is 19.6. The Kier molecular flexibility index (Phi) is 5.83. The van der Waals surface area contributed by atoms with E-state index in [1.165, 1.54) is 17.5 Å². The van der Waals surface area contributed by atoms with Crippen molar-refractivity contribution in [3.05, 3.63) is 69.7 Å². The summed E-state index contributed by atoms with van der Waals surface area (Å²) in [5.41, 5.74) is 4.34. The largest absolute Gasteiger partial charge is 0.241 e. The van der Waals surface area contributed by atoms with Crippen molar-refractivity contribution in [3.8, 4) is 10.6 Å². The summed E-state index contributed by atoms with van der Waals surface area (Å²) in [6.45, 7) is 0.323. The number of fused-ring (bicyclic) bond motifs is 1. The van der Waals surface area contributed by atoms with E-state index in [0.717, 1.165) is 35.5 Å². The molecule has 0 saturated carbocycles. The van der Waals surface area contributed by atoms with E-state index in [1.807, 2.05) is 41.8 Å². The summed E-state index contributed by atoms with van der Waals surface area (Å²) in [5.74, 6) is 0. The Morgan fingerprint density at radius 1 is 1.04 bits per heavy atom. The van der Waals surface area contributed by atoms with Crippen molar-refractivity contribution in [2.45, 2.75) is 37.0 Å². The zero-order valence-electron chi connectivity index (χ0n) is 15.3. The Labute approximate surface area is 174 Å². The molecule has 7 heteroatoms. The number of sulfonamides is 1. The van der Waals surface area contributed by atoms with Gasteiger partial charge in [-0.3, -0.25) is 0 Å². The number of aryl methyl sites for hydroxylation is 2. The van der Waals surface area contributed by atoms with E-state index in [2.05, 4.69) is 9.71 Å². The number of thiazole rings is 1. The first-order valence-corrected chi connectivity index (χ1v) is 12.1. The number of benzene rings is 2. The second kappa shape index (κ2) is 8.33. The molecule has 0 spiro atoms. The molecular formula is C21H21ClN2O2S2. The fourth-order valence-electron chi connectivity index (χ4n) is 3.42. The van der Waals surface area contributed by atoms with Crippen molar-refractivity contribution in [2.75, 3.05) is 6.54 Å². The predicted molar refractivity (Wildman–Crippen MR) is 115 cm³/mol. The van der Waals surface area contributed by atoms with Crippen molar-refractivity contribution in [3.63, 3.8) is 0 Å². The van der Waals surface area contributed by atoms with Crippen molar-refractivity contribution in [1.29, 1.82) is 0 Å². The van der Waals surface area contributed by atoms with Crippen molar-refractivity contribution in [2.24, 2.45) is 0 Å². The maximum Gasteiger partial charge on any atom is 0.240 e. The number of nitrogens with one attached hydrogen (secondary N) is 1. The van der Waals surface area contributed by atoms with E-state index < -0.39 is 10.0 Å². The van der Waals surface area contributed by atoms with Crippen LogP contribution >= 0.6 is 22.9 Å². The summed E-state index contributed by atoms with van der Waals surface area (Å²) in [5, 5.41) is 3.57. The standard InChI is InChI=1S/C21H21ClN2O2S2/c22-18-8-5-16(6-9-18)21-24-19(14-27-21)11-12-23-28(25,26)20-10-7-15-3-1-2-4-17(15)13-20/h5-10,13-14,23H,1-4,11-12H2. The third-order valence-corrected chi connectivity index (χ3v) is 7.60. The molecule has 0 fully saturated rings. The number of hydrogen-bond acceptors (Lipinski definition) is 4. The lowest BCUT2D eigenvalue weighted by Gasteiger charge is -2.16. The highest BCUT2D eigenvalue weighted by Crippen LogP contribution is 2.26. The summed E-state index contributed by atoms with van der Waals surface area (Å²) in [7, 11) is -3.50. The van der Waals surface area contributed by atoms with Gasteiger partial charge in [-0.25, -0.2) is 18.1 Å². The number of nitrogens with zero attached hydrogens (tertiary/aromatic N) is 1. The van der Waals surface area contributed by atoms with Gasteiger partial charge in [0.2, 0.25) is 10.0 Å². The van der Waals surface area contributed by atoms with E-state index >= 15 is 0 Å². The molecule has 3 aromatic rings.